The standard InChI is InChI=1S/C21H18ClN3O3S/c1-13-6-5-7-14(10-13)12-29-21-23-11-16(22)18(25-21)19(26)24-17-9-4-3-8-15(17)20(27)28-2/h3-11H,12H2,1-2H3,(H,24,26). The average molecular weight is 428 g/mol. The molecule has 0 atom stereocenters. The summed E-state index contributed by atoms with van der Waals surface area (Å²) in [6, 6.07) is 14.7. The highest BCUT2D eigenvalue weighted by molar-refractivity contribution is 7.98. The van der Waals surface area contributed by atoms with Gasteiger partial charge < -0.3 is 10.1 Å². The predicted octanol–water partition coefficient (Wildman–Crippen LogP) is 4.77. The fourth-order valence-electron chi connectivity index (χ4n) is 2.59. The first kappa shape index (κ1) is 20.8. The van der Waals surface area contributed by atoms with Gasteiger partial charge in [0.05, 0.1) is 29.6 Å². The van der Waals surface area contributed by atoms with Crippen molar-refractivity contribution in [3.8, 4) is 0 Å². The highest BCUT2D eigenvalue weighted by atomic mass is 35.5. The molecule has 0 bridgehead atoms. The Labute approximate surface area is 177 Å². The number of aromatic nitrogens is 2. The maximum atomic E-state index is 12.7. The Balaban J connectivity index is 1.77. The smallest absolute Gasteiger partial charge is 0.339 e. The number of hydrogen-bond donors (Lipinski definition) is 1. The van der Waals surface area contributed by atoms with Gasteiger partial charge >= 0.3 is 5.97 Å². The van der Waals surface area contributed by atoms with Crippen molar-refractivity contribution in [3.05, 3.63) is 82.1 Å². The van der Waals surface area contributed by atoms with Crippen LogP contribution in [-0.2, 0) is 10.5 Å². The van der Waals surface area contributed by atoms with Crippen LogP contribution in [0.2, 0.25) is 5.02 Å². The van der Waals surface area contributed by atoms with Crippen molar-refractivity contribution >= 4 is 40.9 Å². The number of halogens is 1. The third kappa shape index (κ3) is 5.34. The number of methoxy groups -OCH3 is 1. The van der Waals surface area contributed by atoms with Gasteiger partial charge in [0, 0.05) is 5.75 Å². The summed E-state index contributed by atoms with van der Waals surface area (Å²) < 4.78 is 4.74. The van der Waals surface area contributed by atoms with Gasteiger partial charge in [0.2, 0.25) is 0 Å². The Morgan fingerprint density at radius 1 is 1.17 bits per heavy atom. The largest absolute Gasteiger partial charge is 0.465 e. The lowest BCUT2D eigenvalue weighted by atomic mass is 10.1. The second-order valence-corrected chi connectivity index (χ2v) is 7.47. The number of hydrogen-bond acceptors (Lipinski definition) is 6. The molecule has 0 aliphatic rings. The van der Waals surface area contributed by atoms with Crippen molar-refractivity contribution < 1.29 is 14.3 Å². The van der Waals surface area contributed by atoms with E-state index in [0.717, 1.165) is 5.56 Å². The molecule has 148 valence electrons. The third-order valence-electron chi connectivity index (χ3n) is 3.97. The van der Waals surface area contributed by atoms with Crippen molar-refractivity contribution in [2.24, 2.45) is 0 Å². The van der Waals surface area contributed by atoms with Gasteiger partial charge in [0.25, 0.3) is 5.91 Å². The van der Waals surface area contributed by atoms with E-state index in [1.807, 2.05) is 25.1 Å². The lowest BCUT2D eigenvalue weighted by molar-refractivity contribution is 0.0602. The molecule has 0 radical (unpaired) electrons. The van der Waals surface area contributed by atoms with Crippen molar-refractivity contribution in [3.63, 3.8) is 0 Å². The van der Waals surface area contributed by atoms with Crippen LogP contribution in [0.4, 0.5) is 5.69 Å². The molecular weight excluding hydrogens is 410 g/mol. The predicted molar refractivity (Wildman–Crippen MR) is 114 cm³/mol. The van der Waals surface area contributed by atoms with E-state index in [9.17, 15) is 9.59 Å². The molecule has 1 heterocycles. The number of nitrogens with zero attached hydrogens (tertiary/aromatic N) is 2. The fourth-order valence-corrected chi connectivity index (χ4v) is 3.53. The number of nitrogens with one attached hydrogen (secondary N) is 1. The topological polar surface area (TPSA) is 81.2 Å². The highest BCUT2D eigenvalue weighted by Gasteiger charge is 2.18. The summed E-state index contributed by atoms with van der Waals surface area (Å²) in [6.07, 6.45) is 1.40. The lowest BCUT2D eigenvalue weighted by Crippen LogP contribution is -2.17. The molecule has 1 amide bonds. The zero-order valence-corrected chi connectivity index (χ0v) is 17.4. The van der Waals surface area contributed by atoms with Crippen LogP contribution >= 0.6 is 23.4 Å². The first-order valence-electron chi connectivity index (χ1n) is 8.67. The quantitative estimate of drug-likeness (QED) is 0.346. The summed E-state index contributed by atoms with van der Waals surface area (Å²) in [4.78, 5) is 33.1. The van der Waals surface area contributed by atoms with Crippen LogP contribution in [0.5, 0.6) is 0 Å². The number of aryl methyl sites for hydroxylation is 1. The molecule has 1 aromatic heterocycles. The van der Waals surface area contributed by atoms with Crippen LogP contribution in [0.25, 0.3) is 0 Å². The monoisotopic (exact) mass is 427 g/mol. The molecule has 1 N–H and O–H groups in total. The summed E-state index contributed by atoms with van der Waals surface area (Å²) in [5, 5.41) is 3.22. The minimum absolute atomic E-state index is 0.0353. The van der Waals surface area contributed by atoms with E-state index in [4.69, 9.17) is 16.3 Å². The van der Waals surface area contributed by atoms with E-state index in [-0.39, 0.29) is 16.3 Å². The van der Waals surface area contributed by atoms with Crippen LogP contribution in [0.3, 0.4) is 0 Å². The molecule has 8 heteroatoms. The van der Waals surface area contributed by atoms with Gasteiger partial charge in [-0.25, -0.2) is 14.8 Å². The molecule has 0 unspecified atom stereocenters. The van der Waals surface area contributed by atoms with Crippen molar-refractivity contribution in [2.45, 2.75) is 17.8 Å². The minimum atomic E-state index is -0.552. The van der Waals surface area contributed by atoms with Crippen molar-refractivity contribution in [1.82, 2.24) is 9.97 Å². The highest BCUT2D eigenvalue weighted by Crippen LogP contribution is 2.24. The molecule has 29 heavy (non-hydrogen) atoms. The second kappa shape index (κ2) is 9.54. The van der Waals surface area contributed by atoms with Crippen molar-refractivity contribution in [1.29, 1.82) is 0 Å². The summed E-state index contributed by atoms with van der Waals surface area (Å²) >= 11 is 7.54. The molecule has 3 rings (SSSR count). The molecule has 2 aromatic carbocycles. The first-order valence-corrected chi connectivity index (χ1v) is 10.0. The van der Waals surface area contributed by atoms with Crippen LogP contribution in [0.1, 0.15) is 32.0 Å². The number of esters is 1. The van der Waals surface area contributed by atoms with Crippen LogP contribution in [-0.4, -0.2) is 29.0 Å². The average Bonchev–Trinajstić information content (AvgIpc) is 2.73. The number of anilines is 1. The molecule has 0 saturated heterocycles. The first-order chi connectivity index (χ1) is 14.0. The molecule has 0 aliphatic heterocycles. The van der Waals surface area contributed by atoms with E-state index < -0.39 is 11.9 Å². The van der Waals surface area contributed by atoms with E-state index in [2.05, 4.69) is 21.4 Å². The number of amides is 1. The number of carbonyl (C=O) groups is 2. The van der Waals surface area contributed by atoms with Gasteiger partial charge in [-0.1, -0.05) is 65.3 Å². The van der Waals surface area contributed by atoms with E-state index >= 15 is 0 Å². The summed E-state index contributed by atoms with van der Waals surface area (Å²) in [5.74, 6) is -0.425. The summed E-state index contributed by atoms with van der Waals surface area (Å²) in [7, 11) is 1.28. The Kier molecular flexibility index (Phi) is 6.85. The maximum Gasteiger partial charge on any atom is 0.339 e. The van der Waals surface area contributed by atoms with Gasteiger partial charge in [-0.2, -0.15) is 0 Å². The van der Waals surface area contributed by atoms with E-state index in [1.165, 1.54) is 30.6 Å². The van der Waals surface area contributed by atoms with Crippen molar-refractivity contribution in [2.75, 3.05) is 12.4 Å². The Morgan fingerprint density at radius 2 is 1.97 bits per heavy atom. The van der Waals surface area contributed by atoms with Crippen LogP contribution in [0, 0.1) is 6.92 Å². The number of para-hydroxylation sites is 1. The fraction of sp³-hybridized carbons (Fsp3) is 0.143. The number of carbonyl (C=O) groups excluding carboxylic acids is 2. The van der Waals surface area contributed by atoms with Gasteiger partial charge in [-0.3, -0.25) is 4.79 Å². The summed E-state index contributed by atoms with van der Waals surface area (Å²) in [5.41, 5.74) is 2.89. The van der Waals surface area contributed by atoms with Gasteiger partial charge in [-0.15, -0.1) is 0 Å². The Morgan fingerprint density at radius 3 is 2.72 bits per heavy atom. The molecule has 6 nitrogen and oxygen atoms in total. The number of rotatable bonds is 6. The zero-order chi connectivity index (χ0) is 20.8. The zero-order valence-electron chi connectivity index (χ0n) is 15.8. The molecule has 0 fully saturated rings. The lowest BCUT2D eigenvalue weighted by Gasteiger charge is -2.10. The third-order valence-corrected chi connectivity index (χ3v) is 5.18. The van der Waals surface area contributed by atoms with Crippen LogP contribution < -0.4 is 5.32 Å². The normalized spacial score (nSPS) is 10.4. The molecule has 3 aromatic rings. The minimum Gasteiger partial charge on any atom is -0.465 e. The van der Waals surface area contributed by atoms with Crippen LogP contribution in [0.15, 0.2) is 59.9 Å². The van der Waals surface area contributed by atoms with Gasteiger partial charge in [0.1, 0.15) is 0 Å². The van der Waals surface area contributed by atoms with E-state index in [0.29, 0.717) is 16.6 Å². The molecule has 0 aliphatic carbocycles. The van der Waals surface area contributed by atoms with E-state index in [1.54, 1.807) is 24.3 Å². The molecular formula is C21H18ClN3O3S. The van der Waals surface area contributed by atoms with Gasteiger partial charge in [-0.05, 0) is 24.6 Å². The number of benzene rings is 2. The Bertz CT molecular complexity index is 1060. The number of thioether (sulfide) groups is 1. The maximum absolute atomic E-state index is 12.7. The Hall–Kier alpha value is -2.90. The number of ether oxygens (including phenoxy) is 1. The molecule has 0 saturated carbocycles. The SMILES string of the molecule is COC(=O)c1ccccc1NC(=O)c1nc(SCc2cccc(C)c2)ncc1Cl. The summed E-state index contributed by atoms with van der Waals surface area (Å²) in [6.45, 7) is 2.03. The molecule has 0 spiro atoms. The second-order valence-electron chi connectivity index (χ2n) is 6.12. The van der Waals surface area contributed by atoms with Gasteiger partial charge in [0.15, 0.2) is 10.9 Å².